The first-order valence-electron chi connectivity index (χ1n) is 9.59. The average Bonchev–Trinajstić information content (AvgIpc) is 2.73. The van der Waals surface area contributed by atoms with Gasteiger partial charge in [-0.2, -0.15) is 0 Å². The minimum absolute atomic E-state index is 0. The lowest BCUT2D eigenvalue weighted by Crippen LogP contribution is -2.55. The molecule has 1 aliphatic rings. The van der Waals surface area contributed by atoms with Gasteiger partial charge in [-0.05, 0) is 40.7 Å². The van der Waals surface area contributed by atoms with E-state index in [4.69, 9.17) is 4.74 Å². The molecule has 7 nitrogen and oxygen atoms in total. The Labute approximate surface area is 170 Å². The Kier molecular flexibility index (Phi) is 8.30. The van der Waals surface area contributed by atoms with Gasteiger partial charge < -0.3 is 35.7 Å². The standard InChI is InChI=1S/C22H28O6.H2O/c1-2-13-3-5-14(6-4-13)9-15-7-8-16(11-23)17(10-15)22-21(27)20(26)19(25)18(12-24)28-22;/h3-8,10,18-27H,2,9,11-12H2,1H3;1H2/t18-,19-,20+,21-,22+;/m1./s1. The van der Waals surface area contributed by atoms with Crippen molar-refractivity contribution in [2.24, 2.45) is 0 Å². The monoisotopic (exact) mass is 406 g/mol. The molecule has 0 aliphatic carbocycles. The van der Waals surface area contributed by atoms with E-state index >= 15 is 0 Å². The van der Waals surface area contributed by atoms with Crippen molar-refractivity contribution in [2.75, 3.05) is 6.61 Å². The summed E-state index contributed by atoms with van der Waals surface area (Å²) in [6.45, 7) is 1.37. The molecule has 160 valence electrons. The second-order valence-electron chi connectivity index (χ2n) is 7.29. The van der Waals surface area contributed by atoms with Gasteiger partial charge in [0.05, 0.1) is 13.2 Å². The number of rotatable bonds is 6. The zero-order chi connectivity index (χ0) is 20.3. The summed E-state index contributed by atoms with van der Waals surface area (Å²) in [5, 5.41) is 49.7. The van der Waals surface area contributed by atoms with Gasteiger partial charge in [-0.15, -0.1) is 0 Å². The van der Waals surface area contributed by atoms with Crippen LogP contribution in [0.5, 0.6) is 0 Å². The maximum absolute atomic E-state index is 10.4. The molecule has 1 heterocycles. The number of benzene rings is 2. The summed E-state index contributed by atoms with van der Waals surface area (Å²) < 4.78 is 5.67. The smallest absolute Gasteiger partial charge is 0.113 e. The van der Waals surface area contributed by atoms with Crippen molar-refractivity contribution < 1.29 is 35.7 Å². The van der Waals surface area contributed by atoms with Crippen LogP contribution in [0.4, 0.5) is 0 Å². The first-order chi connectivity index (χ1) is 13.5. The van der Waals surface area contributed by atoms with Crippen molar-refractivity contribution in [3.05, 3.63) is 70.3 Å². The van der Waals surface area contributed by atoms with Crippen molar-refractivity contribution in [3.8, 4) is 0 Å². The predicted octanol–water partition coefficient (Wildman–Crippen LogP) is 0.0223. The molecule has 0 aromatic heterocycles. The molecule has 29 heavy (non-hydrogen) atoms. The van der Waals surface area contributed by atoms with Crippen LogP contribution in [0, 0.1) is 0 Å². The number of hydrogen-bond donors (Lipinski definition) is 5. The Bertz CT molecular complexity index is 775. The van der Waals surface area contributed by atoms with Gasteiger partial charge in [0, 0.05) is 0 Å². The molecule has 7 N–H and O–H groups in total. The lowest BCUT2D eigenvalue weighted by molar-refractivity contribution is -0.232. The van der Waals surface area contributed by atoms with E-state index in [9.17, 15) is 25.5 Å². The Morgan fingerprint density at radius 3 is 2.03 bits per heavy atom. The van der Waals surface area contributed by atoms with Gasteiger partial charge in [0.25, 0.3) is 0 Å². The predicted molar refractivity (Wildman–Crippen MR) is 107 cm³/mol. The van der Waals surface area contributed by atoms with Crippen molar-refractivity contribution in [2.45, 2.75) is 56.9 Å². The van der Waals surface area contributed by atoms with Gasteiger partial charge in [-0.25, -0.2) is 0 Å². The Morgan fingerprint density at radius 2 is 1.45 bits per heavy atom. The van der Waals surface area contributed by atoms with Crippen LogP contribution < -0.4 is 0 Å². The lowest BCUT2D eigenvalue weighted by Gasteiger charge is -2.40. The summed E-state index contributed by atoms with van der Waals surface area (Å²) in [6, 6.07) is 13.9. The molecule has 1 fully saturated rings. The number of aryl methyl sites for hydroxylation is 1. The highest BCUT2D eigenvalue weighted by molar-refractivity contribution is 5.37. The number of hydrogen-bond acceptors (Lipinski definition) is 6. The van der Waals surface area contributed by atoms with E-state index in [2.05, 4.69) is 31.2 Å². The molecule has 3 rings (SSSR count). The summed E-state index contributed by atoms with van der Waals surface area (Å²) in [5.74, 6) is 0. The normalized spacial score (nSPS) is 26.8. The second-order valence-corrected chi connectivity index (χ2v) is 7.29. The number of ether oxygens (including phenoxy) is 1. The fourth-order valence-corrected chi connectivity index (χ4v) is 3.65. The molecular formula is C22H30O7. The molecular weight excluding hydrogens is 376 g/mol. The van der Waals surface area contributed by atoms with Gasteiger partial charge in [0.15, 0.2) is 0 Å². The molecule has 1 saturated heterocycles. The van der Waals surface area contributed by atoms with E-state index in [-0.39, 0.29) is 12.1 Å². The first kappa shape index (κ1) is 23.4. The van der Waals surface area contributed by atoms with Gasteiger partial charge in [0.1, 0.15) is 30.5 Å². The van der Waals surface area contributed by atoms with Crippen LogP contribution in [0.2, 0.25) is 0 Å². The average molecular weight is 406 g/mol. The molecule has 0 bridgehead atoms. The SMILES string of the molecule is CCc1ccc(Cc2ccc(CO)c([C@@H]3O[C@H](CO)[C@@H](O)[C@H](O)[C@H]3O)c2)cc1.O. The van der Waals surface area contributed by atoms with Gasteiger partial charge >= 0.3 is 0 Å². The molecule has 7 heteroatoms. The summed E-state index contributed by atoms with van der Waals surface area (Å²) in [6.07, 6.45) is -4.53. The van der Waals surface area contributed by atoms with E-state index in [0.717, 1.165) is 17.5 Å². The third-order valence-corrected chi connectivity index (χ3v) is 5.42. The minimum Gasteiger partial charge on any atom is -0.412 e. The topological polar surface area (TPSA) is 142 Å². The fourth-order valence-electron chi connectivity index (χ4n) is 3.65. The molecule has 0 saturated carbocycles. The Morgan fingerprint density at radius 1 is 0.828 bits per heavy atom. The van der Waals surface area contributed by atoms with Crippen LogP contribution in [-0.4, -0.2) is 62.0 Å². The molecule has 0 unspecified atom stereocenters. The van der Waals surface area contributed by atoms with E-state index < -0.39 is 37.1 Å². The van der Waals surface area contributed by atoms with Crippen LogP contribution in [0.3, 0.4) is 0 Å². The quantitative estimate of drug-likeness (QED) is 0.458. The highest BCUT2D eigenvalue weighted by atomic mass is 16.5. The molecule has 0 spiro atoms. The third kappa shape index (κ3) is 5.02. The van der Waals surface area contributed by atoms with Crippen LogP contribution in [0.15, 0.2) is 42.5 Å². The van der Waals surface area contributed by atoms with Crippen LogP contribution >= 0.6 is 0 Å². The van der Waals surface area contributed by atoms with E-state index in [1.165, 1.54) is 5.56 Å². The zero-order valence-corrected chi connectivity index (χ0v) is 16.4. The molecule has 5 atom stereocenters. The fraction of sp³-hybridized carbons (Fsp3) is 0.455. The van der Waals surface area contributed by atoms with Crippen LogP contribution in [0.25, 0.3) is 0 Å². The molecule has 2 aromatic rings. The first-order valence-corrected chi connectivity index (χ1v) is 9.59. The molecule has 2 aromatic carbocycles. The molecule has 0 amide bonds. The van der Waals surface area contributed by atoms with Crippen molar-refractivity contribution in [3.63, 3.8) is 0 Å². The summed E-state index contributed by atoms with van der Waals surface area (Å²) in [5.41, 5.74) is 4.47. The maximum atomic E-state index is 10.4. The van der Waals surface area contributed by atoms with Gasteiger partial charge in [-0.1, -0.05) is 49.4 Å². The van der Waals surface area contributed by atoms with E-state index in [1.54, 1.807) is 6.07 Å². The van der Waals surface area contributed by atoms with Crippen LogP contribution in [0.1, 0.15) is 40.8 Å². The molecule has 1 aliphatic heterocycles. The highest BCUT2D eigenvalue weighted by Gasteiger charge is 2.44. The third-order valence-electron chi connectivity index (χ3n) is 5.42. The summed E-state index contributed by atoms with van der Waals surface area (Å²) >= 11 is 0. The number of aliphatic hydroxyl groups is 5. The second kappa shape index (κ2) is 10.3. The Hall–Kier alpha value is -1.84. The van der Waals surface area contributed by atoms with Crippen molar-refractivity contribution in [1.82, 2.24) is 0 Å². The number of aliphatic hydroxyl groups excluding tert-OH is 5. The van der Waals surface area contributed by atoms with Crippen molar-refractivity contribution in [1.29, 1.82) is 0 Å². The van der Waals surface area contributed by atoms with Crippen LogP contribution in [-0.2, 0) is 24.2 Å². The van der Waals surface area contributed by atoms with E-state index in [0.29, 0.717) is 17.5 Å². The van der Waals surface area contributed by atoms with Crippen molar-refractivity contribution >= 4 is 0 Å². The van der Waals surface area contributed by atoms with E-state index in [1.807, 2.05) is 12.1 Å². The highest BCUT2D eigenvalue weighted by Crippen LogP contribution is 2.35. The molecule has 0 radical (unpaired) electrons. The largest absolute Gasteiger partial charge is 0.412 e. The summed E-state index contributed by atoms with van der Waals surface area (Å²) in [4.78, 5) is 0. The summed E-state index contributed by atoms with van der Waals surface area (Å²) in [7, 11) is 0. The Balaban J connectivity index is 0.00000300. The minimum atomic E-state index is -1.45. The zero-order valence-electron chi connectivity index (χ0n) is 16.4. The van der Waals surface area contributed by atoms with Gasteiger partial charge in [0.2, 0.25) is 0 Å². The lowest BCUT2D eigenvalue weighted by atomic mass is 9.88. The van der Waals surface area contributed by atoms with Gasteiger partial charge in [-0.3, -0.25) is 0 Å². The maximum Gasteiger partial charge on any atom is 0.113 e.